The van der Waals surface area contributed by atoms with Crippen molar-refractivity contribution >= 4 is 0 Å². The van der Waals surface area contributed by atoms with Gasteiger partial charge in [-0.1, -0.05) is 0 Å². The molecule has 0 amide bonds. The van der Waals surface area contributed by atoms with Gasteiger partial charge in [0.1, 0.15) is 146 Å². The number of hydrogen-bond donors (Lipinski definition) is 18. The van der Waals surface area contributed by atoms with E-state index in [1.807, 2.05) is 0 Å². The standard InChI is InChI=1S/C36H60O30.C3H6O/c37-1-7-25-13(43)19(49)31(55-7)62-26-8(2-38)57-33(21(51)15(26)45)64-28-10(4-40)59-35(23(53)17(28)47)66-30-12(6-42)60-36(24(54)18(30)48)65-29-11(5-41)58-34(22(52)16(29)46)63-27-9(3-39)56-32(61-25)20(50)14(27)44;1-3-2-4-3/h7-54H,1-6H2;3H,2H2,1H3/t7-,8-,9-,10-,11-,12-,13-,14-,15-,16-,17-,18-,19-,20-,21-,22-,23-,24-,25-,26-,27-,28-,29-,30-,31-,32-,33-,34-,35-,36-;/m1./s1. The van der Waals surface area contributed by atoms with Crippen molar-refractivity contribution in [2.75, 3.05) is 46.2 Å². The highest BCUT2D eigenvalue weighted by atomic mass is 16.8. The van der Waals surface area contributed by atoms with Gasteiger partial charge in [0.15, 0.2) is 37.7 Å². The first-order valence-corrected chi connectivity index (χ1v) is 22.6. The molecule has 23 rings (SSSR count). The molecule has 31 atom stereocenters. The molecule has 0 aromatic rings. The molecule has 0 aromatic carbocycles. The largest absolute Gasteiger partial charge is 0.394 e. The zero-order valence-electron chi connectivity index (χ0n) is 37.2. The number of epoxide rings is 1. The third-order valence-corrected chi connectivity index (χ3v) is 13.2. The molecule has 0 aromatic heterocycles. The first-order chi connectivity index (χ1) is 33.3. The van der Waals surface area contributed by atoms with Crippen molar-refractivity contribution in [3.05, 3.63) is 0 Å². The first-order valence-electron chi connectivity index (χ1n) is 22.6. The third-order valence-electron chi connectivity index (χ3n) is 13.2. The molecule has 23 saturated heterocycles. The van der Waals surface area contributed by atoms with E-state index in [1.54, 1.807) is 0 Å². The minimum Gasteiger partial charge on any atom is -0.394 e. The predicted molar refractivity (Wildman–Crippen MR) is 211 cm³/mol. The van der Waals surface area contributed by atoms with Gasteiger partial charge < -0.3 is 153 Å². The summed E-state index contributed by atoms with van der Waals surface area (Å²) in [5.74, 6) is 0. The summed E-state index contributed by atoms with van der Waals surface area (Å²) in [6.45, 7) is -2.95. The van der Waals surface area contributed by atoms with Crippen LogP contribution in [0.25, 0.3) is 0 Å². The van der Waals surface area contributed by atoms with Crippen LogP contribution >= 0.6 is 0 Å². The van der Waals surface area contributed by atoms with E-state index in [-0.39, 0.29) is 0 Å². The SMILES string of the molecule is CC1CO1.OC[C@H]1O[C@@H]2O[C@H]3[C@H](O)[C@@H](O)[C@@H](O[C@H]4[C@H](O)[C@@H](O)[C@@H](O[C@H]5[C@H](O)[C@@H](O)[C@@H](O[C@H]6[C@H](O)[C@@H](O)[C@@H](O[C@H]7[C@H](O)[C@@H](O)[C@@H](O[C@H]1[C@H](O)[C@H]2O)O[C@@H]7CO)O[C@@H]6CO)O[C@@H]5CO)O[C@@H]4CO)O[C@@H]3CO. The van der Waals surface area contributed by atoms with Crippen molar-refractivity contribution < 1.29 is 153 Å². The van der Waals surface area contributed by atoms with Crippen molar-refractivity contribution in [2.24, 2.45) is 0 Å². The van der Waals surface area contributed by atoms with E-state index in [0.717, 1.165) is 6.61 Å². The van der Waals surface area contributed by atoms with Gasteiger partial charge in [0.2, 0.25) is 0 Å². The third kappa shape index (κ3) is 11.6. The zero-order valence-corrected chi connectivity index (χ0v) is 37.2. The molecule has 1 unspecified atom stereocenters. The second kappa shape index (κ2) is 24.2. The molecular formula is C39H66O31. The molecule has 0 aliphatic carbocycles. The van der Waals surface area contributed by atoms with Gasteiger partial charge in [-0.15, -0.1) is 0 Å². The lowest BCUT2D eigenvalue weighted by Crippen LogP contribution is -2.69. The van der Waals surface area contributed by atoms with Crippen LogP contribution in [0.3, 0.4) is 0 Å². The number of ether oxygens (including phenoxy) is 13. The molecule has 70 heavy (non-hydrogen) atoms. The van der Waals surface area contributed by atoms with Gasteiger partial charge in [0.05, 0.1) is 52.4 Å². The Labute approximate surface area is 396 Å². The molecule has 31 heteroatoms. The summed E-state index contributed by atoms with van der Waals surface area (Å²) in [7, 11) is 0. The summed E-state index contributed by atoms with van der Waals surface area (Å²) < 4.78 is 72.6. The van der Waals surface area contributed by atoms with E-state index in [0.29, 0.717) is 6.10 Å². The molecule has 23 fully saturated rings. The Morgan fingerprint density at radius 2 is 0.386 bits per heavy atom. The molecule has 12 bridgehead atoms. The Morgan fingerprint density at radius 3 is 0.486 bits per heavy atom. The normalized spacial score (nSPS) is 54.5. The maximum atomic E-state index is 11.2. The zero-order chi connectivity index (χ0) is 51.0. The average Bonchev–Trinajstić information content (AvgIpc) is 4.15. The molecule has 23 aliphatic rings. The van der Waals surface area contributed by atoms with Crippen LogP contribution in [-0.2, 0) is 61.6 Å². The fourth-order valence-electron chi connectivity index (χ4n) is 9.02. The van der Waals surface area contributed by atoms with Crippen LogP contribution in [0, 0.1) is 0 Å². The summed E-state index contributed by atoms with van der Waals surface area (Å²) in [5, 5.41) is 196. The smallest absolute Gasteiger partial charge is 0.187 e. The fourth-order valence-corrected chi connectivity index (χ4v) is 9.02. The van der Waals surface area contributed by atoms with Crippen molar-refractivity contribution in [3.8, 4) is 0 Å². The number of hydrogen-bond acceptors (Lipinski definition) is 31. The van der Waals surface area contributed by atoms with Crippen LogP contribution < -0.4 is 0 Å². The minimum absolute atomic E-state index is 0.583. The van der Waals surface area contributed by atoms with E-state index < -0.39 is 224 Å². The Balaban J connectivity index is 0.00000172. The lowest BCUT2D eigenvalue weighted by atomic mass is 9.94. The molecule has 23 aliphatic heterocycles. The quantitative estimate of drug-likeness (QED) is 0.110. The van der Waals surface area contributed by atoms with Crippen LogP contribution in [0.15, 0.2) is 0 Å². The van der Waals surface area contributed by atoms with Crippen LogP contribution in [0.1, 0.15) is 6.92 Å². The van der Waals surface area contributed by atoms with E-state index in [4.69, 9.17) is 61.6 Å². The second-order valence-electron chi connectivity index (χ2n) is 18.0. The number of rotatable bonds is 6. The summed E-state index contributed by atoms with van der Waals surface area (Å²) in [6.07, 6.45) is -57.9. The van der Waals surface area contributed by atoms with Crippen LogP contribution in [0.4, 0.5) is 0 Å². The van der Waals surface area contributed by atoms with Crippen LogP contribution in [-0.4, -0.2) is 329 Å². The predicted octanol–water partition coefficient (Wildman–Crippen LogP) is -12.6. The molecular weight excluding hydrogens is 964 g/mol. The van der Waals surface area contributed by atoms with E-state index >= 15 is 0 Å². The highest BCUT2D eigenvalue weighted by Gasteiger charge is 2.58. The lowest BCUT2D eigenvalue weighted by molar-refractivity contribution is -0.404. The van der Waals surface area contributed by atoms with Gasteiger partial charge in [0.25, 0.3) is 0 Å². The van der Waals surface area contributed by atoms with Crippen molar-refractivity contribution in [1.29, 1.82) is 0 Å². The summed E-state index contributed by atoms with van der Waals surface area (Å²) in [5.41, 5.74) is 0. The van der Waals surface area contributed by atoms with Crippen molar-refractivity contribution in [2.45, 2.75) is 197 Å². The number of aliphatic hydroxyl groups excluding tert-OH is 18. The summed E-state index contributed by atoms with van der Waals surface area (Å²) in [4.78, 5) is 0. The Morgan fingerprint density at radius 1 is 0.257 bits per heavy atom. The Bertz CT molecular complexity index is 1320. The fraction of sp³-hybridized carbons (Fsp3) is 1.00. The van der Waals surface area contributed by atoms with Crippen molar-refractivity contribution in [3.63, 3.8) is 0 Å². The maximum Gasteiger partial charge on any atom is 0.187 e. The first kappa shape index (κ1) is 56.5. The van der Waals surface area contributed by atoms with Crippen LogP contribution in [0.2, 0.25) is 0 Å². The van der Waals surface area contributed by atoms with Gasteiger partial charge >= 0.3 is 0 Å². The Kier molecular flexibility index (Phi) is 19.5. The highest BCUT2D eigenvalue weighted by Crippen LogP contribution is 2.38. The van der Waals surface area contributed by atoms with Crippen molar-refractivity contribution in [1.82, 2.24) is 0 Å². The topological polar surface area (TPSA) is 487 Å². The highest BCUT2D eigenvalue weighted by molar-refractivity contribution is 5.01. The molecule has 0 saturated carbocycles. The van der Waals surface area contributed by atoms with E-state index in [1.165, 1.54) is 0 Å². The molecule has 0 radical (unpaired) electrons. The average molecular weight is 1030 g/mol. The van der Waals surface area contributed by atoms with Crippen LogP contribution in [0.5, 0.6) is 0 Å². The summed E-state index contributed by atoms with van der Waals surface area (Å²) in [6, 6.07) is 0. The van der Waals surface area contributed by atoms with Gasteiger partial charge in [-0.05, 0) is 6.92 Å². The molecule has 0 spiro atoms. The molecule has 31 nitrogen and oxygen atoms in total. The molecule has 408 valence electrons. The molecule has 23 heterocycles. The van der Waals surface area contributed by atoms with Gasteiger partial charge in [0, 0.05) is 0 Å². The molecule has 18 N–H and O–H groups in total. The monoisotopic (exact) mass is 1030 g/mol. The second-order valence-corrected chi connectivity index (χ2v) is 18.0. The van der Waals surface area contributed by atoms with E-state index in [9.17, 15) is 91.9 Å². The van der Waals surface area contributed by atoms with E-state index in [2.05, 4.69) is 6.92 Å². The van der Waals surface area contributed by atoms with Gasteiger partial charge in [-0.2, -0.15) is 0 Å². The number of aliphatic hydroxyl groups is 18. The summed E-state index contributed by atoms with van der Waals surface area (Å²) >= 11 is 0. The lowest BCUT2D eigenvalue weighted by Gasteiger charge is -2.50. The Hall–Kier alpha value is -1.24. The minimum atomic E-state index is -2.15. The van der Waals surface area contributed by atoms with Gasteiger partial charge in [-0.25, -0.2) is 0 Å². The van der Waals surface area contributed by atoms with Gasteiger partial charge in [-0.3, -0.25) is 0 Å². The maximum absolute atomic E-state index is 11.2.